The Morgan fingerprint density at radius 3 is 2.70 bits per heavy atom. The van der Waals surface area contributed by atoms with Crippen LogP contribution in [0.3, 0.4) is 0 Å². The fourth-order valence-electron chi connectivity index (χ4n) is 4.67. The number of H-pyrrole nitrogens is 1. The number of piperidine rings is 1. The van der Waals surface area contributed by atoms with Gasteiger partial charge in [-0.15, -0.1) is 0 Å². The van der Waals surface area contributed by atoms with Crippen molar-refractivity contribution in [2.75, 3.05) is 0 Å². The fourth-order valence-corrected chi connectivity index (χ4v) is 4.67. The lowest BCUT2D eigenvalue weighted by atomic mass is 9.65. The lowest BCUT2D eigenvalue weighted by Gasteiger charge is -2.45. The van der Waals surface area contributed by atoms with Crippen molar-refractivity contribution < 1.29 is 9.59 Å². The van der Waals surface area contributed by atoms with Crippen LogP contribution in [-0.2, 0) is 9.59 Å². The number of aromatic nitrogens is 2. The van der Waals surface area contributed by atoms with E-state index in [1.54, 1.807) is 12.3 Å². The standard InChI is InChI=1S/C22H25N3O2/c1-14-23-13-16(24-14)11-12-19(26)21-20(15-7-3-2-4-8-15)17-9-5-6-10-18(17)25-22(21)27/h2-4,7-8,11-13,17-18,20-21H,5-6,9-10H2,1H3,(H,23,24)(H,25,27)/b12-11+. The molecule has 4 atom stereocenters. The molecule has 1 saturated carbocycles. The Labute approximate surface area is 159 Å². The number of carbonyl (C=O) groups excluding carboxylic acids is 2. The topological polar surface area (TPSA) is 74.8 Å². The van der Waals surface area contributed by atoms with Crippen LogP contribution in [0, 0.1) is 18.8 Å². The third-order valence-electron chi connectivity index (χ3n) is 5.89. The first-order valence-electron chi connectivity index (χ1n) is 9.72. The number of aromatic amines is 1. The molecule has 1 aromatic carbocycles. The van der Waals surface area contributed by atoms with Gasteiger partial charge in [0.05, 0.1) is 11.9 Å². The van der Waals surface area contributed by atoms with Crippen LogP contribution < -0.4 is 5.32 Å². The largest absolute Gasteiger partial charge is 0.352 e. The minimum absolute atomic E-state index is 0.0640. The number of aryl methyl sites for hydroxylation is 1. The van der Waals surface area contributed by atoms with E-state index in [1.807, 2.05) is 25.1 Å². The molecular weight excluding hydrogens is 338 g/mol. The van der Waals surface area contributed by atoms with Gasteiger partial charge in [0, 0.05) is 12.0 Å². The number of benzene rings is 1. The van der Waals surface area contributed by atoms with Crippen LogP contribution in [0.25, 0.3) is 6.08 Å². The molecule has 2 heterocycles. The molecule has 5 nitrogen and oxygen atoms in total. The molecule has 1 aromatic heterocycles. The molecule has 5 heteroatoms. The lowest BCUT2D eigenvalue weighted by molar-refractivity contribution is -0.137. The zero-order valence-electron chi connectivity index (χ0n) is 15.5. The van der Waals surface area contributed by atoms with Crippen molar-refractivity contribution in [2.45, 2.75) is 44.6 Å². The molecule has 2 aliphatic rings. The summed E-state index contributed by atoms with van der Waals surface area (Å²) in [5.41, 5.74) is 1.86. The summed E-state index contributed by atoms with van der Waals surface area (Å²) >= 11 is 0. The number of hydrogen-bond donors (Lipinski definition) is 2. The predicted molar refractivity (Wildman–Crippen MR) is 104 cm³/mol. The minimum atomic E-state index is -0.674. The maximum atomic E-state index is 13.1. The van der Waals surface area contributed by atoms with Gasteiger partial charge in [0.1, 0.15) is 11.7 Å². The number of ketones is 1. The van der Waals surface area contributed by atoms with Gasteiger partial charge in [0.25, 0.3) is 0 Å². The summed E-state index contributed by atoms with van der Waals surface area (Å²) < 4.78 is 0. The molecule has 1 aliphatic carbocycles. The molecule has 2 aromatic rings. The zero-order valence-corrected chi connectivity index (χ0v) is 15.5. The predicted octanol–water partition coefficient (Wildman–Crippen LogP) is 3.39. The molecule has 4 unspecified atom stereocenters. The van der Waals surface area contributed by atoms with Gasteiger partial charge in [-0.3, -0.25) is 9.59 Å². The van der Waals surface area contributed by atoms with Gasteiger partial charge in [-0.2, -0.15) is 0 Å². The second kappa shape index (κ2) is 7.51. The van der Waals surface area contributed by atoms with Crippen LogP contribution >= 0.6 is 0 Å². The van der Waals surface area contributed by atoms with Gasteiger partial charge < -0.3 is 10.3 Å². The highest BCUT2D eigenvalue weighted by molar-refractivity contribution is 6.09. The Bertz CT molecular complexity index is 855. The van der Waals surface area contributed by atoms with Crippen LogP contribution in [0.1, 0.15) is 48.7 Å². The summed E-state index contributed by atoms with van der Waals surface area (Å²) in [5.74, 6) is 0.0957. The van der Waals surface area contributed by atoms with Gasteiger partial charge in [-0.1, -0.05) is 43.2 Å². The molecule has 1 amide bonds. The quantitative estimate of drug-likeness (QED) is 0.646. The number of amides is 1. The molecule has 140 valence electrons. The van der Waals surface area contributed by atoms with Crippen molar-refractivity contribution in [2.24, 2.45) is 11.8 Å². The van der Waals surface area contributed by atoms with E-state index in [0.717, 1.165) is 42.8 Å². The van der Waals surface area contributed by atoms with E-state index >= 15 is 0 Å². The Balaban J connectivity index is 1.66. The summed E-state index contributed by atoms with van der Waals surface area (Å²) in [6, 6.07) is 10.2. The number of carbonyl (C=O) groups is 2. The molecule has 1 aliphatic heterocycles. The average Bonchev–Trinajstić information content (AvgIpc) is 3.11. The van der Waals surface area contributed by atoms with Crippen LogP contribution in [0.2, 0.25) is 0 Å². The van der Waals surface area contributed by atoms with Crippen LogP contribution in [0.4, 0.5) is 0 Å². The summed E-state index contributed by atoms with van der Waals surface area (Å²) in [6.07, 6.45) is 9.28. The van der Waals surface area contributed by atoms with Crippen molar-refractivity contribution in [1.29, 1.82) is 0 Å². The maximum Gasteiger partial charge on any atom is 0.231 e. The molecule has 0 bridgehead atoms. The second-order valence-electron chi connectivity index (χ2n) is 7.64. The Morgan fingerprint density at radius 2 is 1.96 bits per heavy atom. The molecule has 4 rings (SSSR count). The number of nitrogens with zero attached hydrogens (tertiary/aromatic N) is 1. The van der Waals surface area contributed by atoms with E-state index < -0.39 is 5.92 Å². The van der Waals surface area contributed by atoms with Gasteiger partial charge in [0.15, 0.2) is 5.78 Å². The summed E-state index contributed by atoms with van der Waals surface area (Å²) in [5, 5.41) is 3.14. The highest BCUT2D eigenvalue weighted by Crippen LogP contribution is 2.44. The number of hydrogen-bond acceptors (Lipinski definition) is 3. The second-order valence-corrected chi connectivity index (χ2v) is 7.64. The van der Waals surface area contributed by atoms with Crippen LogP contribution in [0.5, 0.6) is 0 Å². The van der Waals surface area contributed by atoms with Crippen molar-refractivity contribution in [3.05, 3.63) is 59.7 Å². The van der Waals surface area contributed by atoms with E-state index in [9.17, 15) is 9.59 Å². The lowest BCUT2D eigenvalue weighted by Crippen LogP contribution is -2.56. The molecule has 2 N–H and O–H groups in total. The maximum absolute atomic E-state index is 13.1. The molecule has 1 saturated heterocycles. The number of rotatable bonds is 4. The molecule has 2 fully saturated rings. The number of imidazole rings is 1. The highest BCUT2D eigenvalue weighted by atomic mass is 16.2. The monoisotopic (exact) mass is 363 g/mol. The Kier molecular flexibility index (Phi) is 4.92. The van der Waals surface area contributed by atoms with Crippen molar-refractivity contribution in [1.82, 2.24) is 15.3 Å². The highest BCUT2D eigenvalue weighted by Gasteiger charge is 2.47. The first kappa shape index (κ1) is 17.7. The first-order valence-corrected chi connectivity index (χ1v) is 9.72. The molecule has 27 heavy (non-hydrogen) atoms. The Morgan fingerprint density at radius 1 is 1.19 bits per heavy atom. The van der Waals surface area contributed by atoms with E-state index in [1.165, 1.54) is 6.08 Å². The SMILES string of the molecule is Cc1ncc(/C=C/C(=O)C2C(=O)NC3CCCCC3C2c2ccccc2)[nH]1. The van der Waals surface area contributed by atoms with Gasteiger partial charge in [-0.25, -0.2) is 4.98 Å². The van der Waals surface area contributed by atoms with Gasteiger partial charge >= 0.3 is 0 Å². The summed E-state index contributed by atoms with van der Waals surface area (Å²) in [7, 11) is 0. The number of nitrogens with one attached hydrogen (secondary N) is 2. The van der Waals surface area contributed by atoms with Crippen LogP contribution in [0.15, 0.2) is 42.6 Å². The van der Waals surface area contributed by atoms with Crippen molar-refractivity contribution in [3.8, 4) is 0 Å². The van der Waals surface area contributed by atoms with Gasteiger partial charge in [0.2, 0.25) is 5.91 Å². The molecule has 0 spiro atoms. The fraction of sp³-hybridized carbons (Fsp3) is 0.409. The van der Waals surface area contributed by atoms with E-state index in [-0.39, 0.29) is 23.7 Å². The number of allylic oxidation sites excluding steroid dienone is 1. The van der Waals surface area contributed by atoms with E-state index in [0.29, 0.717) is 5.92 Å². The van der Waals surface area contributed by atoms with E-state index in [2.05, 4.69) is 27.4 Å². The number of fused-ring (bicyclic) bond motifs is 1. The Hall–Kier alpha value is -2.69. The molecular formula is C22H25N3O2. The molecule has 0 radical (unpaired) electrons. The smallest absolute Gasteiger partial charge is 0.231 e. The van der Waals surface area contributed by atoms with E-state index in [4.69, 9.17) is 0 Å². The minimum Gasteiger partial charge on any atom is -0.352 e. The van der Waals surface area contributed by atoms with Gasteiger partial charge in [-0.05, 0) is 43.4 Å². The zero-order chi connectivity index (χ0) is 18.8. The summed E-state index contributed by atoms with van der Waals surface area (Å²) in [4.78, 5) is 33.2. The van der Waals surface area contributed by atoms with Crippen molar-refractivity contribution in [3.63, 3.8) is 0 Å². The average molecular weight is 363 g/mol. The van der Waals surface area contributed by atoms with Crippen molar-refractivity contribution >= 4 is 17.8 Å². The van der Waals surface area contributed by atoms with Crippen LogP contribution in [-0.4, -0.2) is 27.7 Å². The third-order valence-corrected chi connectivity index (χ3v) is 5.89. The first-order chi connectivity index (χ1) is 13.1. The normalized spacial score (nSPS) is 28.0. The third kappa shape index (κ3) is 3.59. The summed E-state index contributed by atoms with van der Waals surface area (Å²) in [6.45, 7) is 1.86.